The minimum atomic E-state index is -0.259. The lowest BCUT2D eigenvalue weighted by atomic mass is 10.1. The van der Waals surface area contributed by atoms with E-state index >= 15 is 0 Å². The molecule has 0 bridgehead atoms. The lowest BCUT2D eigenvalue weighted by molar-refractivity contribution is 0.410. The van der Waals surface area contributed by atoms with Gasteiger partial charge in [0.25, 0.3) is 0 Å². The number of hydrogen-bond acceptors (Lipinski definition) is 3. The Labute approximate surface area is 112 Å². The van der Waals surface area contributed by atoms with Gasteiger partial charge in [0.15, 0.2) is 0 Å². The molecule has 0 aliphatic carbocycles. The summed E-state index contributed by atoms with van der Waals surface area (Å²) in [5.74, 6) is 0.270. The number of ether oxygens (including phenoxy) is 1. The number of pyridine rings is 1. The molecule has 0 spiro atoms. The third-order valence-electron chi connectivity index (χ3n) is 3.04. The van der Waals surface area contributed by atoms with Crippen LogP contribution in [0.1, 0.15) is 24.1 Å². The lowest BCUT2D eigenvalue weighted by Gasteiger charge is -2.14. The van der Waals surface area contributed by atoms with E-state index in [1.807, 2.05) is 25.3 Å². The zero-order valence-electron chi connectivity index (χ0n) is 11.1. The maximum atomic E-state index is 13.8. The summed E-state index contributed by atoms with van der Waals surface area (Å²) in [6.07, 6.45) is 3.54. The molecule has 0 saturated heterocycles. The molecule has 19 heavy (non-hydrogen) atoms. The Hall–Kier alpha value is -1.94. The molecule has 1 heterocycles. The van der Waals surface area contributed by atoms with Crippen molar-refractivity contribution < 1.29 is 9.13 Å². The molecular formula is C15H17FN2O. The molecule has 0 amide bonds. The highest BCUT2D eigenvalue weighted by molar-refractivity contribution is 5.29. The summed E-state index contributed by atoms with van der Waals surface area (Å²) >= 11 is 0. The largest absolute Gasteiger partial charge is 0.497 e. The Bertz CT molecular complexity index is 531. The van der Waals surface area contributed by atoms with E-state index in [-0.39, 0.29) is 11.9 Å². The monoisotopic (exact) mass is 260 g/mol. The predicted octanol–water partition coefficient (Wildman–Crippen LogP) is 3.08. The maximum absolute atomic E-state index is 13.8. The van der Waals surface area contributed by atoms with E-state index < -0.39 is 0 Å². The van der Waals surface area contributed by atoms with Crippen molar-refractivity contribution >= 4 is 0 Å². The number of hydrogen-bond donors (Lipinski definition) is 1. The van der Waals surface area contributed by atoms with Crippen molar-refractivity contribution in [2.45, 2.75) is 19.5 Å². The van der Waals surface area contributed by atoms with Crippen LogP contribution in [0.3, 0.4) is 0 Å². The van der Waals surface area contributed by atoms with Crippen molar-refractivity contribution in [2.24, 2.45) is 0 Å². The van der Waals surface area contributed by atoms with Gasteiger partial charge in [0.05, 0.1) is 7.11 Å². The molecule has 0 radical (unpaired) electrons. The molecule has 4 heteroatoms. The highest BCUT2D eigenvalue weighted by Gasteiger charge is 2.07. The van der Waals surface area contributed by atoms with Gasteiger partial charge in [0, 0.05) is 36.6 Å². The van der Waals surface area contributed by atoms with Crippen LogP contribution in [0, 0.1) is 5.82 Å². The van der Waals surface area contributed by atoms with Crippen molar-refractivity contribution in [3.8, 4) is 5.75 Å². The van der Waals surface area contributed by atoms with Crippen molar-refractivity contribution in [1.82, 2.24) is 10.3 Å². The van der Waals surface area contributed by atoms with Crippen LogP contribution in [-0.4, -0.2) is 12.1 Å². The van der Waals surface area contributed by atoms with E-state index in [9.17, 15) is 4.39 Å². The van der Waals surface area contributed by atoms with Crippen LogP contribution in [0.5, 0.6) is 5.75 Å². The van der Waals surface area contributed by atoms with Gasteiger partial charge in [-0.15, -0.1) is 0 Å². The summed E-state index contributed by atoms with van der Waals surface area (Å²) in [5, 5.41) is 3.27. The van der Waals surface area contributed by atoms with E-state index in [0.717, 1.165) is 5.56 Å². The van der Waals surface area contributed by atoms with E-state index in [1.165, 1.54) is 13.2 Å². The van der Waals surface area contributed by atoms with Crippen molar-refractivity contribution in [1.29, 1.82) is 0 Å². The predicted molar refractivity (Wildman–Crippen MR) is 72.4 cm³/mol. The molecule has 3 nitrogen and oxygen atoms in total. The molecule has 100 valence electrons. The first-order valence-corrected chi connectivity index (χ1v) is 6.16. The molecule has 0 unspecified atom stereocenters. The van der Waals surface area contributed by atoms with Crippen molar-refractivity contribution in [3.63, 3.8) is 0 Å². The summed E-state index contributed by atoms with van der Waals surface area (Å²) in [4.78, 5) is 4.07. The first kappa shape index (κ1) is 13.5. The Kier molecular flexibility index (Phi) is 4.47. The van der Waals surface area contributed by atoms with Crippen LogP contribution in [0.25, 0.3) is 0 Å². The quantitative estimate of drug-likeness (QED) is 0.897. The zero-order chi connectivity index (χ0) is 13.7. The fourth-order valence-electron chi connectivity index (χ4n) is 1.81. The minimum absolute atomic E-state index is 0.121. The second-order valence-corrected chi connectivity index (χ2v) is 4.35. The Morgan fingerprint density at radius 2 is 2.21 bits per heavy atom. The average molecular weight is 260 g/mol. The van der Waals surface area contributed by atoms with Gasteiger partial charge in [-0.3, -0.25) is 4.98 Å². The fourth-order valence-corrected chi connectivity index (χ4v) is 1.81. The van der Waals surface area contributed by atoms with Crippen molar-refractivity contribution in [2.75, 3.05) is 7.11 Å². The van der Waals surface area contributed by atoms with Gasteiger partial charge in [-0.1, -0.05) is 12.1 Å². The Morgan fingerprint density at radius 3 is 2.84 bits per heavy atom. The Morgan fingerprint density at radius 1 is 1.37 bits per heavy atom. The van der Waals surface area contributed by atoms with Crippen LogP contribution in [-0.2, 0) is 6.54 Å². The summed E-state index contributed by atoms with van der Waals surface area (Å²) in [5.41, 5.74) is 1.70. The van der Waals surface area contributed by atoms with Crippen LogP contribution in [0.15, 0.2) is 42.7 Å². The normalized spacial score (nSPS) is 12.2. The fraction of sp³-hybridized carbons (Fsp3) is 0.267. The van der Waals surface area contributed by atoms with Gasteiger partial charge in [-0.2, -0.15) is 0 Å². The molecule has 1 aromatic carbocycles. The van der Waals surface area contributed by atoms with Gasteiger partial charge >= 0.3 is 0 Å². The van der Waals surface area contributed by atoms with E-state index in [4.69, 9.17) is 4.74 Å². The molecule has 0 fully saturated rings. The zero-order valence-corrected chi connectivity index (χ0v) is 11.1. The summed E-state index contributed by atoms with van der Waals surface area (Å²) < 4.78 is 18.7. The molecule has 2 aromatic rings. The van der Waals surface area contributed by atoms with Gasteiger partial charge in [-0.05, 0) is 24.6 Å². The molecule has 0 aliphatic rings. The molecule has 0 saturated carbocycles. The third kappa shape index (κ3) is 3.51. The first-order valence-electron chi connectivity index (χ1n) is 6.16. The number of aromatic nitrogens is 1. The van der Waals surface area contributed by atoms with Crippen LogP contribution in [0.4, 0.5) is 4.39 Å². The molecule has 1 aromatic heterocycles. The van der Waals surface area contributed by atoms with E-state index in [1.54, 1.807) is 18.3 Å². The SMILES string of the molecule is COc1ccc(CN[C@H](C)c2cccnc2)c(F)c1. The molecule has 1 atom stereocenters. The number of methoxy groups -OCH3 is 1. The molecule has 2 rings (SSSR count). The van der Waals surface area contributed by atoms with E-state index in [2.05, 4.69) is 10.3 Å². The summed E-state index contributed by atoms with van der Waals surface area (Å²) in [6, 6.07) is 8.89. The van der Waals surface area contributed by atoms with Gasteiger partial charge in [0.2, 0.25) is 0 Å². The Balaban J connectivity index is 1.99. The van der Waals surface area contributed by atoms with Gasteiger partial charge in [-0.25, -0.2) is 4.39 Å². The topological polar surface area (TPSA) is 34.1 Å². The van der Waals surface area contributed by atoms with E-state index in [0.29, 0.717) is 17.9 Å². The number of halogens is 1. The number of rotatable bonds is 5. The van der Waals surface area contributed by atoms with Gasteiger partial charge < -0.3 is 10.1 Å². The van der Waals surface area contributed by atoms with Crippen LogP contribution < -0.4 is 10.1 Å². The average Bonchev–Trinajstić information content (AvgIpc) is 2.46. The third-order valence-corrected chi connectivity index (χ3v) is 3.04. The van der Waals surface area contributed by atoms with Crippen molar-refractivity contribution in [3.05, 3.63) is 59.7 Å². The highest BCUT2D eigenvalue weighted by atomic mass is 19.1. The number of benzene rings is 1. The minimum Gasteiger partial charge on any atom is -0.497 e. The smallest absolute Gasteiger partial charge is 0.131 e. The highest BCUT2D eigenvalue weighted by Crippen LogP contribution is 2.17. The molecule has 1 N–H and O–H groups in total. The second kappa shape index (κ2) is 6.29. The summed E-state index contributed by atoms with van der Waals surface area (Å²) in [6.45, 7) is 2.49. The number of nitrogens with one attached hydrogen (secondary N) is 1. The standard InChI is InChI=1S/C15H17FN2O/c1-11(12-4-3-7-17-9-12)18-10-13-5-6-14(19-2)8-15(13)16/h3-9,11,18H,10H2,1-2H3/t11-/m1/s1. The second-order valence-electron chi connectivity index (χ2n) is 4.35. The first-order chi connectivity index (χ1) is 9.20. The lowest BCUT2D eigenvalue weighted by Crippen LogP contribution is -2.18. The molecule has 0 aliphatic heterocycles. The number of nitrogens with zero attached hydrogens (tertiary/aromatic N) is 1. The summed E-state index contributed by atoms with van der Waals surface area (Å²) in [7, 11) is 1.52. The van der Waals surface area contributed by atoms with Gasteiger partial charge in [0.1, 0.15) is 11.6 Å². The maximum Gasteiger partial charge on any atom is 0.131 e. The van der Waals surface area contributed by atoms with Crippen LogP contribution in [0.2, 0.25) is 0 Å². The van der Waals surface area contributed by atoms with Crippen LogP contribution >= 0.6 is 0 Å². The molecular weight excluding hydrogens is 243 g/mol.